The standard InChI is InChI=1S/C50H30O4/c51-43-24-18-35-8-1-3-10-39(35)47(43)49-41-22-16-33(29-37(41)20-26-45(49)53)14-12-31-6-5-7-32(28-31)13-15-34-17-23-42-38(30-34)21-27-46(54)50(42)48-40-11-4-2-9-36(40)19-25-44(48)52/h1-11,16-30,51-54H. The van der Waals surface area contributed by atoms with Gasteiger partial charge in [-0.25, -0.2) is 0 Å². The van der Waals surface area contributed by atoms with Crippen LogP contribution in [0.2, 0.25) is 0 Å². The fourth-order valence-electron chi connectivity index (χ4n) is 7.33. The average Bonchev–Trinajstić information content (AvgIpc) is 3.20. The first-order valence-corrected chi connectivity index (χ1v) is 17.5. The fourth-order valence-corrected chi connectivity index (χ4v) is 7.33. The number of phenolic OH excluding ortho intramolecular Hbond substituents is 4. The lowest BCUT2D eigenvalue weighted by molar-refractivity contribution is 0.470. The smallest absolute Gasteiger partial charge is 0.124 e. The second-order valence-electron chi connectivity index (χ2n) is 13.2. The van der Waals surface area contributed by atoms with Gasteiger partial charge in [0.1, 0.15) is 23.0 Å². The van der Waals surface area contributed by atoms with Crippen molar-refractivity contribution >= 4 is 43.1 Å². The zero-order chi connectivity index (χ0) is 36.8. The maximum Gasteiger partial charge on any atom is 0.124 e. The van der Waals surface area contributed by atoms with Crippen LogP contribution in [0, 0.1) is 23.7 Å². The zero-order valence-electron chi connectivity index (χ0n) is 28.8. The van der Waals surface area contributed by atoms with Gasteiger partial charge in [-0.2, -0.15) is 0 Å². The van der Waals surface area contributed by atoms with Gasteiger partial charge < -0.3 is 20.4 Å². The van der Waals surface area contributed by atoms with E-state index < -0.39 is 0 Å². The molecule has 9 rings (SSSR count). The molecule has 4 heteroatoms. The van der Waals surface area contributed by atoms with E-state index in [1.807, 2.05) is 133 Å². The Morgan fingerprint density at radius 3 is 1.00 bits per heavy atom. The zero-order valence-corrected chi connectivity index (χ0v) is 28.8. The van der Waals surface area contributed by atoms with Crippen molar-refractivity contribution in [2.24, 2.45) is 0 Å². The number of aromatic hydroxyl groups is 4. The SMILES string of the molecule is Oc1ccc2ccccc2c1-c1c(O)ccc2cc(C#Cc3cccc(C#Cc4ccc5c(-c6c(O)ccc7ccccc67)c(O)ccc5c4)c3)ccc12. The molecule has 0 aromatic heterocycles. The fraction of sp³-hybridized carbons (Fsp3) is 0. The maximum atomic E-state index is 11.0. The topological polar surface area (TPSA) is 80.9 Å². The molecule has 54 heavy (non-hydrogen) atoms. The van der Waals surface area contributed by atoms with Gasteiger partial charge >= 0.3 is 0 Å². The second-order valence-corrected chi connectivity index (χ2v) is 13.2. The van der Waals surface area contributed by atoms with Crippen molar-refractivity contribution in [1.29, 1.82) is 0 Å². The highest BCUT2D eigenvalue weighted by atomic mass is 16.3. The van der Waals surface area contributed by atoms with Crippen LogP contribution >= 0.6 is 0 Å². The number of fused-ring (bicyclic) bond motifs is 4. The van der Waals surface area contributed by atoms with E-state index in [-0.39, 0.29) is 23.0 Å². The molecule has 0 aliphatic carbocycles. The van der Waals surface area contributed by atoms with Crippen molar-refractivity contribution in [2.45, 2.75) is 0 Å². The number of rotatable bonds is 2. The lowest BCUT2D eigenvalue weighted by Gasteiger charge is -2.14. The normalized spacial score (nSPS) is 11.0. The van der Waals surface area contributed by atoms with Gasteiger partial charge in [0.2, 0.25) is 0 Å². The summed E-state index contributed by atoms with van der Waals surface area (Å²) in [4.78, 5) is 0. The third-order valence-corrected chi connectivity index (χ3v) is 9.87. The Balaban J connectivity index is 1.01. The van der Waals surface area contributed by atoms with Crippen LogP contribution < -0.4 is 0 Å². The van der Waals surface area contributed by atoms with Gasteiger partial charge in [-0.1, -0.05) is 115 Å². The molecular formula is C50H30O4. The lowest BCUT2D eigenvalue weighted by atomic mass is 9.91. The van der Waals surface area contributed by atoms with Crippen LogP contribution in [0.5, 0.6) is 23.0 Å². The largest absolute Gasteiger partial charge is 0.507 e. The van der Waals surface area contributed by atoms with Crippen molar-refractivity contribution in [3.05, 3.63) is 180 Å². The minimum absolute atomic E-state index is 0.0971. The van der Waals surface area contributed by atoms with E-state index in [9.17, 15) is 20.4 Å². The number of hydrogen-bond donors (Lipinski definition) is 4. The Hall–Kier alpha value is -7.66. The molecule has 0 aliphatic heterocycles. The molecule has 0 amide bonds. The third kappa shape index (κ3) is 5.75. The molecule has 0 atom stereocenters. The molecule has 4 N–H and O–H groups in total. The van der Waals surface area contributed by atoms with E-state index in [0.717, 1.165) is 65.3 Å². The van der Waals surface area contributed by atoms with Crippen molar-refractivity contribution in [3.8, 4) is 68.9 Å². The Morgan fingerprint density at radius 2 is 0.593 bits per heavy atom. The summed E-state index contributed by atoms with van der Waals surface area (Å²) < 4.78 is 0. The van der Waals surface area contributed by atoms with Crippen LogP contribution in [0.25, 0.3) is 65.3 Å². The van der Waals surface area contributed by atoms with Gasteiger partial charge in [0, 0.05) is 44.5 Å². The third-order valence-electron chi connectivity index (χ3n) is 9.87. The quantitative estimate of drug-likeness (QED) is 0.136. The van der Waals surface area contributed by atoms with E-state index >= 15 is 0 Å². The minimum atomic E-state index is 0.0971. The van der Waals surface area contributed by atoms with Gasteiger partial charge in [-0.05, 0) is 110 Å². The van der Waals surface area contributed by atoms with Crippen LogP contribution in [-0.4, -0.2) is 20.4 Å². The highest BCUT2D eigenvalue weighted by molar-refractivity contribution is 6.11. The average molecular weight is 695 g/mol. The molecule has 254 valence electrons. The first-order valence-electron chi connectivity index (χ1n) is 17.5. The van der Waals surface area contributed by atoms with E-state index in [0.29, 0.717) is 22.3 Å². The van der Waals surface area contributed by atoms with Gasteiger partial charge in [-0.3, -0.25) is 0 Å². The van der Waals surface area contributed by atoms with Crippen molar-refractivity contribution in [2.75, 3.05) is 0 Å². The molecule has 0 aliphatic rings. The number of benzene rings is 9. The summed E-state index contributed by atoms with van der Waals surface area (Å²) in [6, 6.07) is 49.3. The van der Waals surface area contributed by atoms with E-state index in [1.165, 1.54) is 0 Å². The Morgan fingerprint density at radius 1 is 0.259 bits per heavy atom. The van der Waals surface area contributed by atoms with Crippen LogP contribution in [0.1, 0.15) is 22.3 Å². The van der Waals surface area contributed by atoms with E-state index in [2.05, 4.69) is 23.7 Å². The predicted octanol–water partition coefficient (Wildman–Crippen LogP) is 11.3. The van der Waals surface area contributed by atoms with Crippen LogP contribution in [0.3, 0.4) is 0 Å². The molecule has 0 heterocycles. The summed E-state index contributed by atoms with van der Waals surface area (Å²) in [7, 11) is 0. The number of hydrogen-bond acceptors (Lipinski definition) is 4. The monoisotopic (exact) mass is 694 g/mol. The molecule has 0 unspecified atom stereocenters. The second kappa shape index (κ2) is 13.1. The van der Waals surface area contributed by atoms with Crippen LogP contribution in [0.4, 0.5) is 0 Å². The van der Waals surface area contributed by atoms with Gasteiger partial charge in [0.25, 0.3) is 0 Å². The lowest BCUT2D eigenvalue weighted by Crippen LogP contribution is -1.88. The molecule has 9 aromatic rings. The Bertz CT molecular complexity index is 2910. The van der Waals surface area contributed by atoms with Gasteiger partial charge in [-0.15, -0.1) is 0 Å². The molecule has 0 radical (unpaired) electrons. The summed E-state index contributed by atoms with van der Waals surface area (Å²) in [6.07, 6.45) is 0. The molecular weight excluding hydrogens is 665 g/mol. The van der Waals surface area contributed by atoms with Crippen molar-refractivity contribution in [3.63, 3.8) is 0 Å². The van der Waals surface area contributed by atoms with E-state index in [4.69, 9.17) is 0 Å². The molecule has 0 bridgehead atoms. The van der Waals surface area contributed by atoms with Crippen LogP contribution in [-0.2, 0) is 0 Å². The van der Waals surface area contributed by atoms with Gasteiger partial charge in [0.15, 0.2) is 0 Å². The van der Waals surface area contributed by atoms with Crippen LogP contribution in [0.15, 0.2) is 158 Å². The highest BCUT2D eigenvalue weighted by Gasteiger charge is 2.18. The molecule has 4 nitrogen and oxygen atoms in total. The summed E-state index contributed by atoms with van der Waals surface area (Å²) in [5.74, 6) is 13.5. The van der Waals surface area contributed by atoms with Crippen molar-refractivity contribution < 1.29 is 20.4 Å². The Labute approximate surface area is 311 Å². The first kappa shape index (κ1) is 32.3. The maximum absolute atomic E-state index is 11.0. The molecule has 0 fully saturated rings. The summed E-state index contributed by atoms with van der Waals surface area (Å²) in [5.41, 5.74) is 5.64. The predicted molar refractivity (Wildman–Crippen MR) is 219 cm³/mol. The first-order chi connectivity index (χ1) is 26.4. The summed E-state index contributed by atoms with van der Waals surface area (Å²) in [6.45, 7) is 0. The molecule has 0 saturated heterocycles. The summed E-state index contributed by atoms with van der Waals surface area (Å²) in [5, 5.41) is 50.9. The van der Waals surface area contributed by atoms with Crippen molar-refractivity contribution in [1.82, 2.24) is 0 Å². The molecule has 0 spiro atoms. The highest BCUT2D eigenvalue weighted by Crippen LogP contribution is 2.46. The molecule has 9 aromatic carbocycles. The number of phenols is 4. The van der Waals surface area contributed by atoms with Gasteiger partial charge in [0.05, 0.1) is 0 Å². The van der Waals surface area contributed by atoms with E-state index in [1.54, 1.807) is 24.3 Å². The Kier molecular flexibility index (Phi) is 7.85. The minimum Gasteiger partial charge on any atom is -0.507 e. The molecule has 0 saturated carbocycles. The summed E-state index contributed by atoms with van der Waals surface area (Å²) >= 11 is 0.